The van der Waals surface area contributed by atoms with Gasteiger partial charge < -0.3 is 10.5 Å². The molecule has 0 atom stereocenters. The molecule has 0 aliphatic rings. The second kappa shape index (κ2) is 6.25. The summed E-state index contributed by atoms with van der Waals surface area (Å²) in [5.41, 5.74) is 9.60. The van der Waals surface area contributed by atoms with Crippen molar-refractivity contribution in [2.45, 2.75) is 20.5 Å². The highest BCUT2D eigenvalue weighted by molar-refractivity contribution is 7.80. The molecule has 0 unspecified atom stereocenters. The average molecular weight is 306 g/mol. The number of hydrogen-bond donors (Lipinski definition) is 1. The van der Waals surface area contributed by atoms with E-state index >= 15 is 0 Å². The molecule has 104 valence electrons. The Morgan fingerprint density at radius 3 is 2.35 bits per heavy atom. The maximum absolute atomic E-state index is 6.21. The van der Waals surface area contributed by atoms with Crippen molar-refractivity contribution < 1.29 is 4.74 Å². The zero-order valence-corrected chi connectivity index (χ0v) is 13.0. The van der Waals surface area contributed by atoms with E-state index in [2.05, 4.69) is 6.07 Å². The van der Waals surface area contributed by atoms with Crippen LogP contribution in [0, 0.1) is 13.8 Å². The van der Waals surface area contributed by atoms with Crippen molar-refractivity contribution in [2.75, 3.05) is 0 Å². The van der Waals surface area contributed by atoms with Gasteiger partial charge in [0, 0.05) is 16.1 Å². The third-order valence-electron chi connectivity index (χ3n) is 2.93. The molecule has 0 aromatic heterocycles. The molecule has 0 amide bonds. The minimum atomic E-state index is 0.341. The standard InChI is InChI=1S/C16H16ClNOS/c1-10-5-11(2)7-14(6-10)19-9-13-4-3-12(16(18)20)8-15(13)17/h3-8H,9H2,1-2H3,(H2,18,20). The number of rotatable bonds is 4. The van der Waals surface area contributed by atoms with Crippen LogP contribution in [0.3, 0.4) is 0 Å². The Hall–Kier alpha value is -1.58. The molecule has 0 fully saturated rings. The molecule has 0 bridgehead atoms. The van der Waals surface area contributed by atoms with Gasteiger partial charge in [-0.2, -0.15) is 0 Å². The van der Waals surface area contributed by atoms with E-state index < -0.39 is 0 Å². The third-order valence-corrected chi connectivity index (χ3v) is 3.51. The third kappa shape index (κ3) is 3.71. The van der Waals surface area contributed by atoms with Crippen LogP contribution in [0.25, 0.3) is 0 Å². The summed E-state index contributed by atoms with van der Waals surface area (Å²) in [4.78, 5) is 0.341. The summed E-state index contributed by atoms with van der Waals surface area (Å²) in [6.07, 6.45) is 0. The first-order valence-electron chi connectivity index (χ1n) is 6.25. The molecule has 0 aliphatic carbocycles. The van der Waals surface area contributed by atoms with Gasteiger partial charge in [-0.1, -0.05) is 42.0 Å². The summed E-state index contributed by atoms with van der Waals surface area (Å²) in [6, 6.07) is 11.6. The zero-order valence-electron chi connectivity index (χ0n) is 11.4. The van der Waals surface area contributed by atoms with E-state index in [4.69, 9.17) is 34.3 Å². The fourth-order valence-electron chi connectivity index (χ4n) is 1.99. The molecular formula is C16H16ClNOS. The SMILES string of the molecule is Cc1cc(C)cc(OCc2ccc(C(N)=S)cc2Cl)c1. The molecule has 2 rings (SSSR count). The van der Waals surface area contributed by atoms with Crippen LogP contribution in [-0.2, 0) is 6.61 Å². The Labute approximate surface area is 129 Å². The number of hydrogen-bond acceptors (Lipinski definition) is 2. The van der Waals surface area contributed by atoms with Crippen LogP contribution in [0.5, 0.6) is 5.75 Å². The largest absolute Gasteiger partial charge is 0.489 e. The first-order valence-corrected chi connectivity index (χ1v) is 7.03. The molecule has 0 aliphatic heterocycles. The maximum atomic E-state index is 6.21. The monoisotopic (exact) mass is 305 g/mol. The highest BCUT2D eigenvalue weighted by Crippen LogP contribution is 2.22. The molecule has 2 aromatic carbocycles. The molecule has 0 saturated heterocycles. The van der Waals surface area contributed by atoms with Gasteiger partial charge in [-0.15, -0.1) is 0 Å². The van der Waals surface area contributed by atoms with Gasteiger partial charge in [0.1, 0.15) is 17.3 Å². The quantitative estimate of drug-likeness (QED) is 0.861. The Morgan fingerprint density at radius 2 is 1.80 bits per heavy atom. The molecule has 2 aromatic rings. The van der Waals surface area contributed by atoms with Crippen LogP contribution in [0.15, 0.2) is 36.4 Å². The lowest BCUT2D eigenvalue weighted by Crippen LogP contribution is -2.09. The van der Waals surface area contributed by atoms with E-state index in [1.165, 1.54) is 11.1 Å². The van der Waals surface area contributed by atoms with Crippen LogP contribution < -0.4 is 10.5 Å². The van der Waals surface area contributed by atoms with Crippen LogP contribution >= 0.6 is 23.8 Å². The van der Waals surface area contributed by atoms with Crippen molar-refractivity contribution in [3.05, 3.63) is 63.7 Å². The summed E-state index contributed by atoms with van der Waals surface area (Å²) in [5.74, 6) is 0.844. The number of thiocarbonyl (C=S) groups is 1. The lowest BCUT2D eigenvalue weighted by atomic mass is 10.1. The second-order valence-corrected chi connectivity index (χ2v) is 5.63. The summed E-state index contributed by atoms with van der Waals surface area (Å²) in [5, 5.41) is 0.611. The van der Waals surface area contributed by atoms with E-state index in [1.54, 1.807) is 6.07 Å². The van der Waals surface area contributed by atoms with Crippen molar-refractivity contribution >= 4 is 28.8 Å². The molecular weight excluding hydrogens is 290 g/mol. The fourth-order valence-corrected chi connectivity index (χ4v) is 2.36. The van der Waals surface area contributed by atoms with Crippen molar-refractivity contribution in [2.24, 2.45) is 5.73 Å². The van der Waals surface area contributed by atoms with Crippen molar-refractivity contribution in [1.29, 1.82) is 0 Å². The number of ether oxygens (including phenoxy) is 1. The fraction of sp³-hybridized carbons (Fsp3) is 0.188. The van der Waals surface area contributed by atoms with Crippen molar-refractivity contribution in [1.82, 2.24) is 0 Å². The van der Waals surface area contributed by atoms with Gasteiger partial charge in [0.2, 0.25) is 0 Å². The Morgan fingerprint density at radius 1 is 1.15 bits per heavy atom. The first-order chi connectivity index (χ1) is 9.45. The van der Waals surface area contributed by atoms with E-state index in [9.17, 15) is 0 Å². The normalized spacial score (nSPS) is 10.3. The van der Waals surface area contributed by atoms with Gasteiger partial charge >= 0.3 is 0 Å². The number of halogens is 1. The zero-order chi connectivity index (χ0) is 14.7. The Kier molecular flexibility index (Phi) is 4.63. The van der Waals surface area contributed by atoms with Crippen molar-refractivity contribution in [3.63, 3.8) is 0 Å². The number of aryl methyl sites for hydroxylation is 2. The minimum Gasteiger partial charge on any atom is -0.489 e. The average Bonchev–Trinajstić information content (AvgIpc) is 2.36. The summed E-state index contributed by atoms with van der Waals surface area (Å²) in [6.45, 7) is 4.51. The molecule has 20 heavy (non-hydrogen) atoms. The first kappa shape index (κ1) is 14.8. The Bertz CT molecular complexity index is 635. The van der Waals surface area contributed by atoms with Gasteiger partial charge in [-0.25, -0.2) is 0 Å². The minimum absolute atomic E-state index is 0.341. The molecule has 4 heteroatoms. The lowest BCUT2D eigenvalue weighted by molar-refractivity contribution is 0.306. The van der Waals surface area contributed by atoms with Gasteiger partial charge in [0.05, 0.1) is 0 Å². The van der Waals surface area contributed by atoms with Crippen LogP contribution in [0.4, 0.5) is 0 Å². The Balaban J connectivity index is 2.12. The van der Waals surface area contributed by atoms with Gasteiger partial charge in [0.15, 0.2) is 0 Å². The van der Waals surface area contributed by atoms with Gasteiger partial charge in [-0.05, 0) is 43.2 Å². The summed E-state index contributed by atoms with van der Waals surface area (Å²) < 4.78 is 5.79. The van der Waals surface area contributed by atoms with E-state index in [-0.39, 0.29) is 0 Å². The molecule has 0 spiro atoms. The number of nitrogens with two attached hydrogens (primary N) is 1. The highest BCUT2D eigenvalue weighted by atomic mass is 35.5. The van der Waals surface area contributed by atoms with Crippen molar-refractivity contribution in [3.8, 4) is 5.75 Å². The summed E-state index contributed by atoms with van der Waals surface area (Å²) >= 11 is 11.1. The summed E-state index contributed by atoms with van der Waals surface area (Å²) in [7, 11) is 0. The van der Waals surface area contributed by atoms with Crippen LogP contribution in [-0.4, -0.2) is 4.99 Å². The molecule has 0 radical (unpaired) electrons. The van der Waals surface area contributed by atoms with Gasteiger partial charge in [0.25, 0.3) is 0 Å². The van der Waals surface area contributed by atoms with Crippen LogP contribution in [0.1, 0.15) is 22.3 Å². The lowest BCUT2D eigenvalue weighted by Gasteiger charge is -2.10. The molecule has 2 nitrogen and oxygen atoms in total. The number of benzene rings is 2. The smallest absolute Gasteiger partial charge is 0.120 e. The molecule has 2 N–H and O–H groups in total. The molecule has 0 saturated carbocycles. The predicted molar refractivity (Wildman–Crippen MR) is 87.6 cm³/mol. The van der Waals surface area contributed by atoms with E-state index in [0.29, 0.717) is 16.6 Å². The molecule has 0 heterocycles. The predicted octanol–water partition coefficient (Wildman–Crippen LogP) is 4.17. The van der Waals surface area contributed by atoms with Crippen LogP contribution in [0.2, 0.25) is 5.02 Å². The highest BCUT2D eigenvalue weighted by Gasteiger charge is 2.05. The second-order valence-electron chi connectivity index (χ2n) is 4.78. The van der Waals surface area contributed by atoms with E-state index in [0.717, 1.165) is 16.9 Å². The van der Waals surface area contributed by atoms with Gasteiger partial charge in [-0.3, -0.25) is 0 Å². The van der Waals surface area contributed by atoms with E-state index in [1.807, 2.05) is 38.1 Å². The maximum Gasteiger partial charge on any atom is 0.120 e. The topological polar surface area (TPSA) is 35.2 Å².